The fourth-order valence-electron chi connectivity index (χ4n) is 2.43. The first-order valence-electron chi connectivity index (χ1n) is 6.16. The van der Waals surface area contributed by atoms with Crippen molar-refractivity contribution in [2.75, 3.05) is 13.1 Å². The normalized spacial score (nSPS) is 18.7. The van der Waals surface area contributed by atoms with Gasteiger partial charge in [0, 0.05) is 37.1 Å². The lowest BCUT2D eigenvalue weighted by molar-refractivity contribution is 0.316. The van der Waals surface area contributed by atoms with Crippen LogP contribution in [0, 0.1) is 0 Å². The minimum absolute atomic E-state index is 0.229. The summed E-state index contributed by atoms with van der Waals surface area (Å²) in [5.74, 6) is 0.360. The van der Waals surface area contributed by atoms with E-state index in [1.54, 1.807) is 6.20 Å². The fourth-order valence-corrected chi connectivity index (χ4v) is 3.81. The number of piperidine rings is 1. The Kier molecular flexibility index (Phi) is 3.11. The van der Waals surface area contributed by atoms with Gasteiger partial charge in [-0.05, 0) is 18.9 Å². The molecule has 102 valence electrons. The standard InChI is InChI=1S/C11H15N5O2S/c17-19(18,10-7-13-14-8-10)16-5-2-9(3-6-16)11-1-4-12-15-11/h1,4,7-9H,2-3,5-6H2,(H,12,15)(H,13,14). The highest BCUT2D eigenvalue weighted by Crippen LogP contribution is 2.29. The van der Waals surface area contributed by atoms with Crippen molar-refractivity contribution in [3.63, 3.8) is 0 Å². The Morgan fingerprint density at radius 1 is 1.26 bits per heavy atom. The highest BCUT2D eigenvalue weighted by molar-refractivity contribution is 7.89. The Morgan fingerprint density at radius 3 is 2.63 bits per heavy atom. The van der Waals surface area contributed by atoms with Crippen molar-refractivity contribution in [1.82, 2.24) is 24.7 Å². The van der Waals surface area contributed by atoms with Crippen LogP contribution in [0.25, 0.3) is 0 Å². The van der Waals surface area contributed by atoms with E-state index in [4.69, 9.17) is 0 Å². The van der Waals surface area contributed by atoms with Gasteiger partial charge in [0.25, 0.3) is 0 Å². The Hall–Kier alpha value is -1.67. The molecule has 7 nitrogen and oxygen atoms in total. The number of nitrogens with one attached hydrogen (secondary N) is 2. The lowest BCUT2D eigenvalue weighted by Crippen LogP contribution is -2.37. The maximum Gasteiger partial charge on any atom is 0.246 e. The highest BCUT2D eigenvalue weighted by Gasteiger charge is 2.30. The largest absolute Gasteiger partial charge is 0.284 e. The molecule has 0 aromatic carbocycles. The number of rotatable bonds is 3. The maximum atomic E-state index is 12.3. The summed E-state index contributed by atoms with van der Waals surface area (Å²) in [5, 5.41) is 13.1. The molecule has 0 spiro atoms. The van der Waals surface area contributed by atoms with Crippen molar-refractivity contribution in [2.24, 2.45) is 0 Å². The van der Waals surface area contributed by atoms with E-state index in [-0.39, 0.29) is 4.90 Å². The molecular formula is C11H15N5O2S. The molecule has 0 saturated carbocycles. The van der Waals surface area contributed by atoms with Gasteiger partial charge in [0.1, 0.15) is 4.90 Å². The van der Waals surface area contributed by atoms with Crippen molar-refractivity contribution in [3.05, 3.63) is 30.4 Å². The third-order valence-corrected chi connectivity index (χ3v) is 5.39. The third kappa shape index (κ3) is 2.28. The van der Waals surface area contributed by atoms with E-state index < -0.39 is 10.0 Å². The van der Waals surface area contributed by atoms with E-state index in [0.717, 1.165) is 18.5 Å². The number of aromatic amines is 2. The van der Waals surface area contributed by atoms with Crippen molar-refractivity contribution < 1.29 is 8.42 Å². The molecule has 3 heterocycles. The molecule has 0 amide bonds. The summed E-state index contributed by atoms with van der Waals surface area (Å²) in [5.41, 5.74) is 1.08. The average molecular weight is 281 g/mol. The smallest absolute Gasteiger partial charge is 0.246 e. The van der Waals surface area contributed by atoms with Gasteiger partial charge in [-0.1, -0.05) is 0 Å². The number of hydrogen-bond acceptors (Lipinski definition) is 4. The van der Waals surface area contributed by atoms with Crippen LogP contribution in [0.2, 0.25) is 0 Å². The first-order chi connectivity index (χ1) is 9.18. The molecule has 1 saturated heterocycles. The SMILES string of the molecule is O=S(=O)(c1cn[nH]c1)N1CCC(c2ccn[nH]2)CC1. The van der Waals surface area contributed by atoms with E-state index in [1.807, 2.05) is 6.07 Å². The maximum absolute atomic E-state index is 12.3. The predicted octanol–water partition coefficient (Wildman–Crippen LogP) is 0.701. The van der Waals surface area contributed by atoms with E-state index in [1.165, 1.54) is 16.7 Å². The molecule has 2 aromatic heterocycles. The second kappa shape index (κ2) is 4.78. The Labute approximate surface area is 111 Å². The molecule has 0 atom stereocenters. The van der Waals surface area contributed by atoms with Gasteiger partial charge in [0.05, 0.1) is 6.20 Å². The van der Waals surface area contributed by atoms with Crippen molar-refractivity contribution in [2.45, 2.75) is 23.7 Å². The van der Waals surface area contributed by atoms with Gasteiger partial charge in [-0.2, -0.15) is 14.5 Å². The van der Waals surface area contributed by atoms with Crippen LogP contribution in [0.15, 0.2) is 29.6 Å². The molecule has 1 fully saturated rings. The van der Waals surface area contributed by atoms with Crippen molar-refractivity contribution >= 4 is 10.0 Å². The molecular weight excluding hydrogens is 266 g/mol. The zero-order valence-electron chi connectivity index (χ0n) is 10.3. The van der Waals surface area contributed by atoms with Gasteiger partial charge in [-0.25, -0.2) is 8.42 Å². The van der Waals surface area contributed by atoms with Gasteiger partial charge in [0.15, 0.2) is 0 Å². The number of aromatic nitrogens is 4. The van der Waals surface area contributed by atoms with Crippen LogP contribution >= 0.6 is 0 Å². The molecule has 0 aliphatic carbocycles. The lowest BCUT2D eigenvalue weighted by atomic mass is 9.95. The zero-order valence-corrected chi connectivity index (χ0v) is 11.1. The molecule has 2 aromatic rings. The highest BCUT2D eigenvalue weighted by atomic mass is 32.2. The van der Waals surface area contributed by atoms with Crippen LogP contribution in [0.1, 0.15) is 24.5 Å². The first-order valence-corrected chi connectivity index (χ1v) is 7.60. The Bertz CT molecular complexity index is 612. The molecule has 19 heavy (non-hydrogen) atoms. The Morgan fingerprint density at radius 2 is 2.05 bits per heavy atom. The topological polar surface area (TPSA) is 94.7 Å². The van der Waals surface area contributed by atoms with Crippen molar-refractivity contribution in [1.29, 1.82) is 0 Å². The quantitative estimate of drug-likeness (QED) is 0.865. The number of nitrogens with zero attached hydrogens (tertiary/aromatic N) is 3. The molecule has 0 unspecified atom stereocenters. The van der Waals surface area contributed by atoms with Crippen LogP contribution < -0.4 is 0 Å². The lowest BCUT2D eigenvalue weighted by Gasteiger charge is -2.30. The monoisotopic (exact) mass is 281 g/mol. The number of H-pyrrole nitrogens is 2. The molecule has 1 aliphatic rings. The van der Waals surface area contributed by atoms with Gasteiger partial charge >= 0.3 is 0 Å². The summed E-state index contributed by atoms with van der Waals surface area (Å²) < 4.78 is 26.1. The van der Waals surface area contributed by atoms with Gasteiger partial charge in [0.2, 0.25) is 10.0 Å². The summed E-state index contributed by atoms with van der Waals surface area (Å²) in [7, 11) is -3.40. The van der Waals surface area contributed by atoms with Crippen LogP contribution in [-0.2, 0) is 10.0 Å². The summed E-state index contributed by atoms with van der Waals surface area (Å²) in [6.45, 7) is 1.05. The molecule has 3 rings (SSSR count). The first kappa shape index (κ1) is 12.4. The second-order valence-corrected chi connectivity index (χ2v) is 6.56. The minimum Gasteiger partial charge on any atom is -0.284 e. The molecule has 1 aliphatic heterocycles. The molecule has 2 N–H and O–H groups in total. The predicted molar refractivity (Wildman–Crippen MR) is 67.9 cm³/mol. The summed E-state index contributed by atoms with van der Waals surface area (Å²) in [6, 6.07) is 1.95. The molecule has 8 heteroatoms. The van der Waals surface area contributed by atoms with E-state index in [0.29, 0.717) is 19.0 Å². The third-order valence-electron chi connectivity index (χ3n) is 3.53. The molecule has 0 bridgehead atoms. The van der Waals surface area contributed by atoms with Gasteiger partial charge < -0.3 is 0 Å². The number of sulfonamides is 1. The summed E-state index contributed by atoms with van der Waals surface area (Å²) in [4.78, 5) is 0.229. The van der Waals surface area contributed by atoms with Gasteiger partial charge in [-0.3, -0.25) is 10.2 Å². The second-order valence-electron chi connectivity index (χ2n) is 4.62. The van der Waals surface area contributed by atoms with Gasteiger partial charge in [-0.15, -0.1) is 0 Å². The van der Waals surface area contributed by atoms with Crippen LogP contribution in [-0.4, -0.2) is 46.2 Å². The zero-order chi connectivity index (χ0) is 13.3. The van der Waals surface area contributed by atoms with Crippen LogP contribution in [0.3, 0.4) is 0 Å². The van der Waals surface area contributed by atoms with Crippen LogP contribution in [0.5, 0.6) is 0 Å². The summed E-state index contributed by atoms with van der Waals surface area (Å²) in [6.07, 6.45) is 6.09. The van der Waals surface area contributed by atoms with Crippen molar-refractivity contribution in [3.8, 4) is 0 Å². The van der Waals surface area contributed by atoms with E-state index in [9.17, 15) is 8.42 Å². The summed E-state index contributed by atoms with van der Waals surface area (Å²) >= 11 is 0. The molecule has 0 radical (unpaired) electrons. The Balaban J connectivity index is 1.71. The van der Waals surface area contributed by atoms with E-state index >= 15 is 0 Å². The number of hydrogen-bond donors (Lipinski definition) is 2. The van der Waals surface area contributed by atoms with Crippen LogP contribution in [0.4, 0.5) is 0 Å². The average Bonchev–Trinajstić information content (AvgIpc) is 3.12. The fraction of sp³-hybridized carbons (Fsp3) is 0.455. The minimum atomic E-state index is -3.40. The van der Waals surface area contributed by atoms with E-state index in [2.05, 4.69) is 20.4 Å².